The first-order chi connectivity index (χ1) is 10.3. The molecule has 5 nitrogen and oxygen atoms in total. The molecule has 0 fully saturated rings. The molecule has 0 bridgehead atoms. The molecular formula is C15H9N3O2S. The minimum atomic E-state index is 0.451. The van der Waals surface area contributed by atoms with Crippen LogP contribution >= 0.6 is 11.3 Å². The smallest absolute Gasteiger partial charge is 0.155 e. The van der Waals surface area contributed by atoms with Crippen LogP contribution in [0.15, 0.2) is 57.7 Å². The van der Waals surface area contributed by atoms with E-state index in [1.165, 1.54) is 11.3 Å². The number of thiazole rings is 1. The summed E-state index contributed by atoms with van der Waals surface area (Å²) in [7, 11) is 0. The molecule has 0 aliphatic rings. The zero-order chi connectivity index (χ0) is 14.2. The third-order valence-corrected chi connectivity index (χ3v) is 4.01. The lowest BCUT2D eigenvalue weighted by molar-refractivity contribution is 0.302. The van der Waals surface area contributed by atoms with E-state index in [9.17, 15) is 5.21 Å². The lowest BCUT2D eigenvalue weighted by atomic mass is 10.2. The van der Waals surface area contributed by atoms with Crippen LogP contribution in [0.5, 0.6) is 0 Å². The highest BCUT2D eigenvalue weighted by molar-refractivity contribution is 7.16. The van der Waals surface area contributed by atoms with Gasteiger partial charge in [-0.2, -0.15) is 0 Å². The van der Waals surface area contributed by atoms with Crippen molar-refractivity contribution < 1.29 is 9.62 Å². The van der Waals surface area contributed by atoms with Crippen molar-refractivity contribution in [2.24, 2.45) is 5.16 Å². The summed E-state index contributed by atoms with van der Waals surface area (Å²) in [5, 5.41) is 13.7. The molecule has 0 spiro atoms. The predicted octanol–water partition coefficient (Wildman–Crippen LogP) is 3.39. The van der Waals surface area contributed by atoms with Gasteiger partial charge in [0.25, 0.3) is 0 Å². The van der Waals surface area contributed by atoms with E-state index in [-0.39, 0.29) is 0 Å². The SMILES string of the molecule is O/N=c1\cc(-c2cc3ncsc3cn2)oc2ccccc12. The van der Waals surface area contributed by atoms with Gasteiger partial charge in [0.1, 0.15) is 16.6 Å². The molecule has 1 aromatic carbocycles. The molecule has 0 aliphatic carbocycles. The summed E-state index contributed by atoms with van der Waals surface area (Å²) >= 11 is 1.54. The van der Waals surface area contributed by atoms with Gasteiger partial charge in [0, 0.05) is 17.6 Å². The normalized spacial score (nSPS) is 12.3. The first-order valence-electron chi connectivity index (χ1n) is 6.26. The number of aromatic nitrogens is 2. The molecule has 1 N–H and O–H groups in total. The first-order valence-corrected chi connectivity index (χ1v) is 7.14. The van der Waals surface area contributed by atoms with E-state index in [1.54, 1.807) is 17.8 Å². The maximum Gasteiger partial charge on any atom is 0.155 e. The molecule has 3 aromatic heterocycles. The van der Waals surface area contributed by atoms with Crippen LogP contribution in [0.3, 0.4) is 0 Å². The van der Waals surface area contributed by atoms with Crippen LogP contribution in [0.25, 0.3) is 32.6 Å². The van der Waals surface area contributed by atoms with Gasteiger partial charge in [0.2, 0.25) is 0 Å². The van der Waals surface area contributed by atoms with Crippen molar-refractivity contribution in [3.05, 3.63) is 53.5 Å². The molecule has 4 aromatic rings. The third-order valence-electron chi connectivity index (χ3n) is 3.23. The fourth-order valence-corrected chi connectivity index (χ4v) is 2.85. The summed E-state index contributed by atoms with van der Waals surface area (Å²) in [5.41, 5.74) is 3.95. The van der Waals surface area contributed by atoms with Crippen LogP contribution in [-0.4, -0.2) is 15.2 Å². The Balaban J connectivity index is 2.01. The summed E-state index contributed by atoms with van der Waals surface area (Å²) in [6, 6.07) is 10.9. The van der Waals surface area contributed by atoms with Gasteiger partial charge < -0.3 is 9.62 Å². The molecular weight excluding hydrogens is 286 g/mol. The Morgan fingerprint density at radius 3 is 2.95 bits per heavy atom. The molecule has 6 heteroatoms. The molecule has 3 heterocycles. The van der Waals surface area contributed by atoms with Crippen LogP contribution in [-0.2, 0) is 0 Å². The van der Waals surface area contributed by atoms with E-state index >= 15 is 0 Å². The summed E-state index contributed by atoms with van der Waals surface area (Å²) in [5.74, 6) is 0.538. The Labute approximate surface area is 122 Å². The second-order valence-corrected chi connectivity index (χ2v) is 5.37. The summed E-state index contributed by atoms with van der Waals surface area (Å²) in [4.78, 5) is 8.66. The molecule has 0 amide bonds. The Morgan fingerprint density at radius 1 is 1.14 bits per heavy atom. The van der Waals surface area contributed by atoms with Gasteiger partial charge in [-0.25, -0.2) is 4.98 Å². The number of benzene rings is 1. The summed E-state index contributed by atoms with van der Waals surface area (Å²) < 4.78 is 6.88. The van der Waals surface area contributed by atoms with Crippen molar-refractivity contribution in [2.45, 2.75) is 0 Å². The number of hydrogen-bond donors (Lipinski definition) is 1. The summed E-state index contributed by atoms with van der Waals surface area (Å²) in [6.07, 6.45) is 1.77. The fourth-order valence-electron chi connectivity index (χ4n) is 2.22. The topological polar surface area (TPSA) is 71.5 Å². The summed E-state index contributed by atoms with van der Waals surface area (Å²) in [6.45, 7) is 0. The number of nitrogens with zero attached hydrogens (tertiary/aromatic N) is 3. The van der Waals surface area contributed by atoms with Crippen molar-refractivity contribution in [1.82, 2.24) is 9.97 Å². The van der Waals surface area contributed by atoms with Gasteiger partial charge >= 0.3 is 0 Å². The van der Waals surface area contributed by atoms with E-state index in [4.69, 9.17) is 4.42 Å². The highest BCUT2D eigenvalue weighted by Crippen LogP contribution is 2.24. The lowest BCUT2D eigenvalue weighted by Crippen LogP contribution is -2.03. The average Bonchev–Trinajstić information content (AvgIpc) is 3.01. The van der Waals surface area contributed by atoms with Gasteiger partial charge in [-0.15, -0.1) is 11.3 Å². The van der Waals surface area contributed by atoms with Crippen LogP contribution in [0.4, 0.5) is 0 Å². The fraction of sp³-hybridized carbons (Fsp3) is 0. The molecule has 0 radical (unpaired) electrons. The number of rotatable bonds is 1. The Bertz CT molecular complexity index is 1020. The van der Waals surface area contributed by atoms with Crippen LogP contribution < -0.4 is 5.36 Å². The van der Waals surface area contributed by atoms with E-state index < -0.39 is 0 Å². The first kappa shape index (κ1) is 12.0. The molecule has 0 saturated carbocycles. The second-order valence-electron chi connectivity index (χ2n) is 4.48. The molecule has 0 unspecified atom stereocenters. The maximum atomic E-state index is 9.20. The van der Waals surface area contributed by atoms with Crippen molar-refractivity contribution >= 4 is 32.5 Å². The van der Waals surface area contributed by atoms with Crippen LogP contribution in [0, 0.1) is 0 Å². The number of para-hydroxylation sites is 1. The minimum Gasteiger partial charge on any atom is -0.454 e. The zero-order valence-corrected chi connectivity index (χ0v) is 11.5. The predicted molar refractivity (Wildman–Crippen MR) is 80.0 cm³/mol. The number of fused-ring (bicyclic) bond motifs is 2. The molecule has 21 heavy (non-hydrogen) atoms. The highest BCUT2D eigenvalue weighted by Gasteiger charge is 2.08. The quantitative estimate of drug-likeness (QED) is 0.431. The lowest BCUT2D eigenvalue weighted by Gasteiger charge is -2.03. The molecule has 0 atom stereocenters. The molecule has 0 saturated heterocycles. The third kappa shape index (κ3) is 1.96. The second kappa shape index (κ2) is 4.68. The van der Waals surface area contributed by atoms with Gasteiger partial charge in [0.05, 0.1) is 15.7 Å². The minimum absolute atomic E-state index is 0.451. The van der Waals surface area contributed by atoms with Crippen molar-refractivity contribution in [3.8, 4) is 11.5 Å². The number of hydrogen-bond acceptors (Lipinski definition) is 6. The van der Waals surface area contributed by atoms with E-state index in [1.807, 2.05) is 30.3 Å². The van der Waals surface area contributed by atoms with Gasteiger partial charge in [-0.1, -0.05) is 17.3 Å². The van der Waals surface area contributed by atoms with Crippen molar-refractivity contribution in [3.63, 3.8) is 0 Å². The Hall–Kier alpha value is -2.73. The van der Waals surface area contributed by atoms with Crippen LogP contribution in [0.2, 0.25) is 0 Å². The van der Waals surface area contributed by atoms with Crippen LogP contribution in [0.1, 0.15) is 0 Å². The highest BCUT2D eigenvalue weighted by atomic mass is 32.1. The van der Waals surface area contributed by atoms with Gasteiger partial charge in [0.15, 0.2) is 5.76 Å². The molecule has 4 rings (SSSR count). The van der Waals surface area contributed by atoms with E-state index in [0.717, 1.165) is 15.6 Å². The van der Waals surface area contributed by atoms with Gasteiger partial charge in [-0.3, -0.25) is 4.98 Å². The number of pyridine rings is 1. The van der Waals surface area contributed by atoms with Crippen molar-refractivity contribution in [2.75, 3.05) is 0 Å². The Kier molecular flexibility index (Phi) is 2.68. The van der Waals surface area contributed by atoms with E-state index in [2.05, 4.69) is 15.1 Å². The van der Waals surface area contributed by atoms with E-state index in [0.29, 0.717) is 22.4 Å². The van der Waals surface area contributed by atoms with Gasteiger partial charge in [-0.05, 0) is 18.2 Å². The Morgan fingerprint density at radius 2 is 2.05 bits per heavy atom. The maximum absolute atomic E-state index is 9.20. The molecule has 0 aliphatic heterocycles. The average molecular weight is 295 g/mol. The zero-order valence-electron chi connectivity index (χ0n) is 10.7. The largest absolute Gasteiger partial charge is 0.454 e. The van der Waals surface area contributed by atoms with Crippen molar-refractivity contribution in [1.29, 1.82) is 0 Å². The molecule has 102 valence electrons. The standard InChI is InChI=1S/C15H9N3O2S/c19-18-10-6-14(20-13-4-2-1-3-9(10)13)11-5-12-15(7-16-11)21-8-17-12/h1-8,19H/b18-10+. The monoisotopic (exact) mass is 295 g/mol.